The van der Waals surface area contributed by atoms with Crippen LogP contribution < -0.4 is 0 Å². The molecule has 0 N–H and O–H groups in total. The molecule has 0 saturated heterocycles. The summed E-state index contributed by atoms with van der Waals surface area (Å²) in [6, 6.07) is 14.0. The van der Waals surface area contributed by atoms with Crippen LogP contribution in [0.3, 0.4) is 0 Å². The third-order valence-electron chi connectivity index (χ3n) is 3.40. The lowest BCUT2D eigenvalue weighted by atomic mass is 10.1. The molecule has 1 aromatic heterocycles. The smallest absolute Gasteiger partial charge is 0.141 e. The van der Waals surface area contributed by atoms with E-state index in [9.17, 15) is 0 Å². The van der Waals surface area contributed by atoms with E-state index in [1.807, 2.05) is 30.3 Å². The van der Waals surface area contributed by atoms with E-state index in [0.717, 1.165) is 39.6 Å². The number of aryl methyl sites for hydroxylation is 1. The van der Waals surface area contributed by atoms with Crippen LogP contribution in [0.25, 0.3) is 22.4 Å². The van der Waals surface area contributed by atoms with Gasteiger partial charge in [0.05, 0.1) is 16.1 Å². The third-order valence-corrected chi connectivity index (χ3v) is 4.01. The molecule has 102 valence electrons. The minimum Gasteiger partial charge on any atom is -0.323 e. The van der Waals surface area contributed by atoms with Gasteiger partial charge in [-0.25, -0.2) is 4.98 Å². The lowest BCUT2D eigenvalue weighted by molar-refractivity contribution is 0.796. The highest BCUT2D eigenvalue weighted by atomic mass is 35.5. The van der Waals surface area contributed by atoms with Gasteiger partial charge in [0.15, 0.2) is 0 Å². The number of fused-ring (bicyclic) bond motifs is 1. The van der Waals surface area contributed by atoms with Gasteiger partial charge in [0, 0.05) is 18.0 Å². The van der Waals surface area contributed by atoms with Crippen molar-refractivity contribution in [1.29, 1.82) is 0 Å². The molecule has 0 aliphatic carbocycles. The van der Waals surface area contributed by atoms with E-state index in [1.165, 1.54) is 0 Å². The van der Waals surface area contributed by atoms with Crippen LogP contribution in [0.1, 0.15) is 12.5 Å². The van der Waals surface area contributed by atoms with E-state index in [0.29, 0.717) is 5.88 Å². The van der Waals surface area contributed by atoms with E-state index in [-0.39, 0.29) is 0 Å². The third kappa shape index (κ3) is 2.19. The van der Waals surface area contributed by atoms with Crippen molar-refractivity contribution in [2.45, 2.75) is 19.3 Å². The van der Waals surface area contributed by atoms with Crippen molar-refractivity contribution in [3.63, 3.8) is 0 Å². The Bertz CT molecular complexity index is 745. The Kier molecular flexibility index (Phi) is 3.68. The Morgan fingerprint density at radius 1 is 1.10 bits per heavy atom. The van der Waals surface area contributed by atoms with E-state index in [1.54, 1.807) is 0 Å². The van der Waals surface area contributed by atoms with Gasteiger partial charge >= 0.3 is 0 Å². The molecule has 0 aliphatic heterocycles. The number of nitrogens with zero attached hydrogens (tertiary/aromatic N) is 2. The number of hydrogen-bond donors (Lipinski definition) is 0. The number of para-hydroxylation sites is 1. The van der Waals surface area contributed by atoms with Gasteiger partial charge < -0.3 is 4.57 Å². The normalized spacial score (nSPS) is 11.2. The summed E-state index contributed by atoms with van der Waals surface area (Å²) in [5, 5.41) is 0.737. The molecule has 0 radical (unpaired) electrons. The first kappa shape index (κ1) is 13.5. The number of benzene rings is 2. The summed E-state index contributed by atoms with van der Waals surface area (Å²) in [6.45, 7) is 2.92. The van der Waals surface area contributed by atoms with Crippen LogP contribution >= 0.6 is 23.2 Å². The Morgan fingerprint density at radius 3 is 2.50 bits per heavy atom. The SMILES string of the molecule is CCn1c(-c2ccc(CCl)cc2)nc2cccc(Cl)c21. The summed E-state index contributed by atoms with van der Waals surface area (Å²) in [5.41, 5.74) is 4.10. The maximum absolute atomic E-state index is 6.31. The number of imidazole rings is 1. The van der Waals surface area contributed by atoms with Crippen molar-refractivity contribution in [2.75, 3.05) is 0 Å². The highest BCUT2D eigenvalue weighted by molar-refractivity contribution is 6.35. The molecule has 20 heavy (non-hydrogen) atoms. The first-order chi connectivity index (χ1) is 9.74. The summed E-state index contributed by atoms with van der Waals surface area (Å²) < 4.78 is 2.15. The molecule has 0 atom stereocenters. The summed E-state index contributed by atoms with van der Waals surface area (Å²) >= 11 is 12.1. The summed E-state index contributed by atoms with van der Waals surface area (Å²) in [5.74, 6) is 1.47. The number of hydrogen-bond acceptors (Lipinski definition) is 1. The maximum Gasteiger partial charge on any atom is 0.141 e. The Hall–Kier alpha value is -1.51. The molecule has 3 aromatic rings. The first-order valence-electron chi connectivity index (χ1n) is 6.54. The largest absolute Gasteiger partial charge is 0.323 e. The summed E-state index contributed by atoms with van der Waals surface area (Å²) in [7, 11) is 0. The predicted octanol–water partition coefficient (Wildman–Crippen LogP) is 5.12. The lowest BCUT2D eigenvalue weighted by Crippen LogP contribution is -1.97. The van der Waals surface area contributed by atoms with Crippen molar-refractivity contribution in [3.8, 4) is 11.4 Å². The van der Waals surface area contributed by atoms with Gasteiger partial charge in [-0.15, -0.1) is 11.6 Å². The fraction of sp³-hybridized carbons (Fsp3) is 0.188. The minimum absolute atomic E-state index is 0.524. The van der Waals surface area contributed by atoms with Gasteiger partial charge in [-0.2, -0.15) is 0 Å². The van der Waals surface area contributed by atoms with Crippen molar-refractivity contribution < 1.29 is 0 Å². The zero-order chi connectivity index (χ0) is 14.1. The van der Waals surface area contributed by atoms with Crippen LogP contribution in [0.2, 0.25) is 5.02 Å². The van der Waals surface area contributed by atoms with Crippen LogP contribution in [-0.2, 0) is 12.4 Å². The standard InChI is InChI=1S/C16H14Cl2N2/c1-2-20-15-13(18)4-3-5-14(15)19-16(20)12-8-6-11(10-17)7-9-12/h3-9H,2,10H2,1H3. The molecule has 0 fully saturated rings. The molecule has 0 aliphatic rings. The maximum atomic E-state index is 6.31. The zero-order valence-corrected chi connectivity index (χ0v) is 12.6. The van der Waals surface area contributed by atoms with Gasteiger partial charge in [-0.1, -0.05) is 41.9 Å². The molecule has 4 heteroatoms. The number of halogens is 2. The average Bonchev–Trinajstić information content (AvgIpc) is 2.87. The molecular weight excluding hydrogens is 291 g/mol. The second-order valence-electron chi connectivity index (χ2n) is 4.62. The molecule has 0 unspecified atom stereocenters. The first-order valence-corrected chi connectivity index (χ1v) is 7.46. The van der Waals surface area contributed by atoms with Crippen LogP contribution in [0, 0.1) is 0 Å². The predicted molar refractivity (Wildman–Crippen MR) is 85.4 cm³/mol. The molecular formula is C16H14Cl2N2. The highest BCUT2D eigenvalue weighted by Gasteiger charge is 2.13. The van der Waals surface area contributed by atoms with Crippen LogP contribution in [0.4, 0.5) is 0 Å². The second kappa shape index (κ2) is 5.47. The second-order valence-corrected chi connectivity index (χ2v) is 5.29. The number of alkyl halides is 1. The van der Waals surface area contributed by atoms with E-state index in [2.05, 4.69) is 23.6 Å². The van der Waals surface area contributed by atoms with Crippen LogP contribution in [-0.4, -0.2) is 9.55 Å². The fourth-order valence-electron chi connectivity index (χ4n) is 2.41. The van der Waals surface area contributed by atoms with Gasteiger partial charge in [0.25, 0.3) is 0 Å². The Labute approximate surface area is 128 Å². The summed E-state index contributed by atoms with van der Waals surface area (Å²) in [4.78, 5) is 4.72. The Morgan fingerprint density at radius 2 is 1.85 bits per heavy atom. The van der Waals surface area contributed by atoms with Gasteiger partial charge in [-0.3, -0.25) is 0 Å². The molecule has 0 bridgehead atoms. The highest BCUT2D eigenvalue weighted by Crippen LogP contribution is 2.29. The van der Waals surface area contributed by atoms with Crippen molar-refractivity contribution in [3.05, 3.63) is 53.1 Å². The lowest BCUT2D eigenvalue weighted by Gasteiger charge is -2.07. The van der Waals surface area contributed by atoms with Gasteiger partial charge in [0.2, 0.25) is 0 Å². The zero-order valence-electron chi connectivity index (χ0n) is 11.1. The molecule has 0 saturated carbocycles. The minimum atomic E-state index is 0.524. The molecule has 1 heterocycles. The van der Waals surface area contributed by atoms with Crippen molar-refractivity contribution >= 4 is 34.2 Å². The number of aromatic nitrogens is 2. The molecule has 0 spiro atoms. The topological polar surface area (TPSA) is 17.8 Å². The summed E-state index contributed by atoms with van der Waals surface area (Å²) in [6.07, 6.45) is 0. The average molecular weight is 305 g/mol. The monoisotopic (exact) mass is 304 g/mol. The number of rotatable bonds is 3. The van der Waals surface area contributed by atoms with E-state index in [4.69, 9.17) is 28.2 Å². The van der Waals surface area contributed by atoms with Gasteiger partial charge in [-0.05, 0) is 24.6 Å². The fourth-order valence-corrected chi connectivity index (χ4v) is 2.86. The van der Waals surface area contributed by atoms with Crippen molar-refractivity contribution in [2.24, 2.45) is 0 Å². The molecule has 0 amide bonds. The quantitative estimate of drug-likeness (QED) is 0.614. The van der Waals surface area contributed by atoms with Crippen LogP contribution in [0.5, 0.6) is 0 Å². The van der Waals surface area contributed by atoms with E-state index >= 15 is 0 Å². The Balaban J connectivity index is 2.22. The molecule has 3 rings (SSSR count). The molecule has 2 nitrogen and oxygen atoms in total. The van der Waals surface area contributed by atoms with E-state index < -0.39 is 0 Å². The molecule has 2 aromatic carbocycles. The van der Waals surface area contributed by atoms with Gasteiger partial charge in [0.1, 0.15) is 5.82 Å². The van der Waals surface area contributed by atoms with Crippen LogP contribution in [0.15, 0.2) is 42.5 Å². The van der Waals surface area contributed by atoms with Crippen molar-refractivity contribution in [1.82, 2.24) is 9.55 Å².